The van der Waals surface area contributed by atoms with Gasteiger partial charge >= 0.3 is 5.97 Å². The second kappa shape index (κ2) is 35.8. The van der Waals surface area contributed by atoms with Crippen LogP contribution < -0.4 is 75.3 Å². The van der Waals surface area contributed by atoms with E-state index < -0.39 is 199 Å². The molecule has 3 rings (SSSR count). The number of esters is 1. The quantitative estimate of drug-likeness (QED) is 0.0300. The second-order valence-corrected chi connectivity index (χ2v) is 23.1. The molecule has 498 valence electrons. The van der Waals surface area contributed by atoms with Crippen molar-refractivity contribution in [2.75, 3.05) is 26.8 Å². The van der Waals surface area contributed by atoms with Gasteiger partial charge in [0.25, 0.3) is 0 Å². The summed E-state index contributed by atoms with van der Waals surface area (Å²) >= 11 is 0. The minimum absolute atomic E-state index is 0.0276. The molecule has 0 aliphatic carbocycles. The van der Waals surface area contributed by atoms with Crippen molar-refractivity contribution in [3.05, 3.63) is 35.9 Å². The maximum absolute atomic E-state index is 14.4. The Bertz CT molecular complexity index is 2670. The molecular weight excluding hydrogens is 1160 g/mol. The summed E-state index contributed by atoms with van der Waals surface area (Å²) in [4.78, 5) is 170. The molecule has 0 saturated carbocycles. The molecule has 1 fully saturated rings. The number of benzene rings is 1. The number of hydrogen-bond acceptors (Lipinski definition) is 20. The Kier molecular flexibility index (Phi) is 30.3. The van der Waals surface area contributed by atoms with Crippen LogP contribution >= 0.6 is 0 Å². The minimum atomic E-state index is -2.13. The number of amides is 11. The number of rotatable bonds is 32. The predicted molar refractivity (Wildman–Crippen MR) is 323 cm³/mol. The number of aliphatic hydroxyl groups is 3. The molecule has 0 bridgehead atoms. The fourth-order valence-electron chi connectivity index (χ4n) is 9.48. The third-order valence-electron chi connectivity index (χ3n) is 16.2. The van der Waals surface area contributed by atoms with E-state index in [-0.39, 0.29) is 38.2 Å². The fourth-order valence-corrected chi connectivity index (χ4v) is 9.48. The maximum atomic E-state index is 14.4. The number of nitrogens with one attached hydrogen (secondary N) is 12. The van der Waals surface area contributed by atoms with Gasteiger partial charge in [0, 0.05) is 6.42 Å². The molecule has 89 heavy (non-hydrogen) atoms. The van der Waals surface area contributed by atoms with Crippen LogP contribution in [-0.2, 0) is 68.7 Å². The molecule has 1 aromatic rings. The molecule has 1 saturated heterocycles. The van der Waals surface area contributed by atoms with Crippen molar-refractivity contribution in [1.82, 2.24) is 63.8 Å². The van der Waals surface area contributed by atoms with Crippen LogP contribution in [0.2, 0.25) is 0 Å². The van der Waals surface area contributed by atoms with Crippen molar-refractivity contribution in [1.29, 1.82) is 0 Å². The first-order valence-corrected chi connectivity index (χ1v) is 30.1. The molecule has 0 spiro atoms. The molecule has 1 aromatic carbocycles. The summed E-state index contributed by atoms with van der Waals surface area (Å²) in [5.74, 6) is -13.3. The van der Waals surface area contributed by atoms with Gasteiger partial charge in [0.2, 0.25) is 65.0 Å². The van der Waals surface area contributed by atoms with Gasteiger partial charge in [-0.05, 0) is 76.8 Å². The minimum Gasteiger partial charge on any atom is -0.458 e. The van der Waals surface area contributed by atoms with Crippen LogP contribution in [0.15, 0.2) is 35.3 Å². The number of cyclic esters (lactones) is 1. The highest BCUT2D eigenvalue weighted by atomic mass is 16.5. The third kappa shape index (κ3) is 22.5. The number of likely N-dealkylation sites (N-methyl/N-ethyl adjacent to an activating group) is 1. The summed E-state index contributed by atoms with van der Waals surface area (Å²) in [5, 5.41) is 63.3. The van der Waals surface area contributed by atoms with E-state index in [1.807, 2.05) is 30.3 Å². The summed E-state index contributed by atoms with van der Waals surface area (Å²) in [6, 6.07) is -7.91. The zero-order valence-electron chi connectivity index (χ0n) is 52.7. The smallest absolute Gasteiger partial charge is 0.329 e. The van der Waals surface area contributed by atoms with E-state index in [0.29, 0.717) is 12.8 Å². The Morgan fingerprint density at radius 2 is 1.22 bits per heavy atom. The first-order chi connectivity index (χ1) is 41.9. The number of nitrogens with two attached hydrogens (primary N) is 2. The number of guanidine groups is 1. The number of aliphatic hydroxyl groups excluding tert-OH is 2. The van der Waals surface area contributed by atoms with Crippen LogP contribution in [0.1, 0.15) is 120 Å². The van der Waals surface area contributed by atoms with Crippen LogP contribution in [0.5, 0.6) is 0 Å². The SMILES string of the molecule is CC[C@H](C)[C@H](NC(=O)[C@@H](Cc1ccccc1)NC)C(=O)N[C@@H](CO)C(=O)N[C@H](CCC(N)=O)C(=O)N[C@@H](C(=O)N[C@H](C(=O)N[C@@H](CO)C(=O)N[C@H]1C(=O)N[C@@H](C)C(=O)N[C@@H](C[C@H]2CN=C(N)N2)C(=O)N[C@@H]([C@@H](C)CC)C(=O)O[C@H]1C)C(C)(O)CC)[C@@H](C)CC. The highest BCUT2D eigenvalue weighted by molar-refractivity contribution is 6.00. The fraction of sp³-hybridized carbons (Fsp3) is 0.672. The molecular formula is C58H95N15O16. The van der Waals surface area contributed by atoms with Crippen molar-refractivity contribution in [2.24, 2.45) is 34.2 Å². The van der Waals surface area contributed by atoms with Crippen molar-refractivity contribution in [2.45, 2.75) is 205 Å². The molecule has 2 aliphatic heterocycles. The van der Waals surface area contributed by atoms with Gasteiger partial charge in [0.1, 0.15) is 66.5 Å². The van der Waals surface area contributed by atoms with Gasteiger partial charge in [-0.1, -0.05) is 98.1 Å². The Balaban J connectivity index is 1.88. The number of primary amides is 1. The van der Waals surface area contributed by atoms with E-state index in [9.17, 15) is 72.9 Å². The van der Waals surface area contributed by atoms with Crippen molar-refractivity contribution in [3.8, 4) is 0 Å². The lowest BCUT2D eigenvalue weighted by Gasteiger charge is -2.35. The largest absolute Gasteiger partial charge is 0.458 e. The highest BCUT2D eigenvalue weighted by Crippen LogP contribution is 2.19. The Morgan fingerprint density at radius 1 is 0.685 bits per heavy atom. The van der Waals surface area contributed by atoms with Crippen LogP contribution in [0, 0.1) is 17.8 Å². The van der Waals surface area contributed by atoms with E-state index in [4.69, 9.17) is 16.2 Å². The maximum Gasteiger partial charge on any atom is 0.329 e. The highest BCUT2D eigenvalue weighted by Gasteiger charge is 2.44. The van der Waals surface area contributed by atoms with E-state index in [2.05, 4.69) is 68.8 Å². The molecule has 1 unspecified atom stereocenters. The average Bonchev–Trinajstić information content (AvgIpc) is 4.08. The number of carbonyl (C=O) groups excluding carboxylic acids is 12. The van der Waals surface area contributed by atoms with Gasteiger partial charge in [-0.15, -0.1) is 0 Å². The molecule has 19 N–H and O–H groups in total. The van der Waals surface area contributed by atoms with Crippen LogP contribution in [0.3, 0.4) is 0 Å². The van der Waals surface area contributed by atoms with Crippen LogP contribution in [0.25, 0.3) is 0 Å². The average molecular weight is 1260 g/mol. The zero-order chi connectivity index (χ0) is 67.0. The normalized spacial score (nSPS) is 23.0. The van der Waals surface area contributed by atoms with E-state index >= 15 is 0 Å². The Hall–Kier alpha value is -8.03. The third-order valence-corrected chi connectivity index (χ3v) is 16.2. The van der Waals surface area contributed by atoms with Crippen molar-refractivity contribution >= 4 is 76.9 Å². The van der Waals surface area contributed by atoms with E-state index in [1.54, 1.807) is 48.6 Å². The van der Waals surface area contributed by atoms with Gasteiger partial charge in [-0.25, -0.2) is 4.79 Å². The molecule has 0 aromatic heterocycles. The Labute approximate surface area is 518 Å². The summed E-state index contributed by atoms with van der Waals surface area (Å²) in [6.45, 7) is 13.3. The molecule has 31 nitrogen and oxygen atoms in total. The summed E-state index contributed by atoms with van der Waals surface area (Å²) < 4.78 is 5.71. The molecule has 31 heteroatoms. The van der Waals surface area contributed by atoms with E-state index in [1.165, 1.54) is 27.7 Å². The lowest BCUT2D eigenvalue weighted by atomic mass is 9.91. The lowest BCUT2D eigenvalue weighted by molar-refractivity contribution is -0.157. The van der Waals surface area contributed by atoms with E-state index in [0.717, 1.165) is 5.56 Å². The lowest BCUT2D eigenvalue weighted by Crippen LogP contribution is -2.66. The van der Waals surface area contributed by atoms with Crippen LogP contribution in [-0.4, -0.2) is 203 Å². The summed E-state index contributed by atoms with van der Waals surface area (Å²) in [7, 11) is 1.59. The van der Waals surface area contributed by atoms with Gasteiger partial charge < -0.3 is 95.3 Å². The van der Waals surface area contributed by atoms with Gasteiger partial charge in [0.15, 0.2) is 5.96 Å². The number of hydrogen-bond donors (Lipinski definition) is 17. The standard InChI is InChI=1S/C58H95N15O16/c1-12-28(5)41(70-48(79)36(61-11)23-33-19-17-16-18-20-33)52(83)67-38(26-74)50(81)65-35(21-22-40(59)76)47(78)69-42(29(6)13-2)53(84)73-45(58(10,88)15-4)55(86)68-39(27-75)51(82)72-44-32(9)89-56(87)43(30(7)14-3)71-49(80)37(24-34-25-62-57(60)64-34)66-46(77)31(8)63-54(44)85/h16-20,28-32,34-39,41-45,61,74-75,88H,12-15,21-27H2,1-11H3,(H2,59,76)(H,63,85)(H,65,81)(H,66,77)(H,67,83)(H,68,86)(H,69,78)(H,70,79)(H,71,80)(H,72,82)(H,73,84)(H3,60,62,64)/t28-,29-,30-,31-,32-,34-,35+,36+,37-,38-,39-,41-,42+,43-,44+,45+,58?/m0/s1. The first kappa shape index (κ1) is 75.2. The molecule has 11 amide bonds. The van der Waals surface area contributed by atoms with Crippen molar-refractivity contribution in [3.63, 3.8) is 0 Å². The number of aliphatic imine (C=N–C) groups is 1. The topological polar surface area (TPSA) is 484 Å². The number of ether oxygens (including phenoxy) is 1. The summed E-state index contributed by atoms with van der Waals surface area (Å²) in [5.41, 5.74) is 9.93. The first-order valence-electron chi connectivity index (χ1n) is 30.1. The second-order valence-electron chi connectivity index (χ2n) is 23.1. The molecule has 0 radical (unpaired) electrons. The monoisotopic (exact) mass is 1260 g/mol. The molecule has 17 atom stereocenters. The molecule has 2 aliphatic rings. The Morgan fingerprint density at radius 3 is 1.74 bits per heavy atom. The molecule has 2 heterocycles. The van der Waals surface area contributed by atoms with Gasteiger partial charge in [0.05, 0.1) is 37.4 Å². The summed E-state index contributed by atoms with van der Waals surface area (Å²) in [6.07, 6.45) is -1.49. The van der Waals surface area contributed by atoms with Crippen molar-refractivity contribution < 1.29 is 77.6 Å². The number of nitrogens with zero attached hydrogens (tertiary/aromatic N) is 1. The van der Waals surface area contributed by atoms with Gasteiger partial charge in [-0.2, -0.15) is 0 Å². The zero-order valence-corrected chi connectivity index (χ0v) is 52.7. The van der Waals surface area contributed by atoms with Crippen LogP contribution in [0.4, 0.5) is 0 Å². The predicted octanol–water partition coefficient (Wildman–Crippen LogP) is -5.14. The number of carbonyl (C=O) groups is 12. The van der Waals surface area contributed by atoms with Gasteiger partial charge in [-0.3, -0.25) is 57.7 Å².